The van der Waals surface area contributed by atoms with Crippen LogP contribution in [0, 0.1) is 17.8 Å². The second kappa shape index (κ2) is 22.8. The molecule has 0 amide bonds. The zero-order valence-electron chi connectivity index (χ0n) is 24.1. The number of carbonyl (C=O) groups is 1. The summed E-state index contributed by atoms with van der Waals surface area (Å²) in [5, 5.41) is 8.76. The van der Waals surface area contributed by atoms with Crippen LogP contribution in [0.25, 0.3) is 0 Å². The van der Waals surface area contributed by atoms with Crippen LogP contribution in [0.1, 0.15) is 94.1 Å². The van der Waals surface area contributed by atoms with Crippen LogP contribution < -0.4 is 0 Å². The van der Waals surface area contributed by atoms with Crippen molar-refractivity contribution in [3.05, 3.63) is 29.8 Å². The van der Waals surface area contributed by atoms with Crippen molar-refractivity contribution in [3.8, 4) is 5.75 Å². The highest BCUT2D eigenvalue weighted by Crippen LogP contribution is 2.19. The fourth-order valence-corrected chi connectivity index (χ4v) is 2.04. The number of ketones is 1. The highest BCUT2D eigenvalue weighted by Gasteiger charge is 2.11. The Hall–Kier alpha value is -1.39. The average Bonchev–Trinajstić information content (AvgIpc) is 2.63. The minimum atomic E-state index is 0.172. The number of methoxy groups -OCH3 is 1. The van der Waals surface area contributed by atoms with Gasteiger partial charge in [0, 0.05) is 20.1 Å². The number of Topliss-reactive ketones (excluding diaryl/α,β-unsaturated/α-hetero) is 1. The fourth-order valence-electron chi connectivity index (χ4n) is 2.04. The van der Waals surface area contributed by atoms with Crippen molar-refractivity contribution in [2.24, 2.45) is 10.8 Å². The molecule has 0 bridgehead atoms. The lowest BCUT2D eigenvalue weighted by Gasteiger charge is -2.15. The Balaban J connectivity index is -0.000000157. The highest BCUT2D eigenvalue weighted by molar-refractivity contribution is 5.76. The molecule has 1 aromatic carbocycles. The molecule has 0 atom stereocenters. The highest BCUT2D eigenvalue weighted by atomic mass is 16.5. The first-order chi connectivity index (χ1) is 14.4. The van der Waals surface area contributed by atoms with Crippen molar-refractivity contribution in [1.82, 2.24) is 4.90 Å². The summed E-state index contributed by atoms with van der Waals surface area (Å²) in [6.07, 6.45) is 3.34. The molecule has 0 aliphatic rings. The third-order valence-electron chi connectivity index (χ3n) is 3.73. The maximum absolute atomic E-state index is 10.5. The molecule has 0 aromatic heterocycles. The first-order valence-corrected chi connectivity index (χ1v) is 11.8. The Morgan fingerprint density at radius 3 is 1.41 bits per heavy atom. The number of benzene rings is 1. The molecule has 0 spiro atoms. The van der Waals surface area contributed by atoms with Crippen LogP contribution in [0.5, 0.6) is 5.75 Å². The maximum atomic E-state index is 10.5. The number of phenolic OH excluding ortho intramolecular Hbond substituents is 1. The van der Waals surface area contributed by atoms with Crippen molar-refractivity contribution in [1.29, 1.82) is 0 Å². The van der Waals surface area contributed by atoms with Gasteiger partial charge in [0.1, 0.15) is 11.5 Å². The van der Waals surface area contributed by atoms with E-state index in [1.807, 2.05) is 26.0 Å². The second-order valence-corrected chi connectivity index (χ2v) is 10.6. The first-order valence-electron chi connectivity index (χ1n) is 11.8. The van der Waals surface area contributed by atoms with Crippen LogP contribution in [0.2, 0.25) is 0 Å². The Kier molecular flexibility index (Phi) is 27.0. The van der Waals surface area contributed by atoms with Crippen LogP contribution in [0.3, 0.4) is 0 Å². The number of hydrogen-bond donors (Lipinski definition) is 1. The molecule has 1 rings (SSSR count). The van der Waals surface area contributed by atoms with Crippen LogP contribution >= 0.6 is 0 Å². The van der Waals surface area contributed by atoms with Crippen LogP contribution in [0.15, 0.2) is 24.3 Å². The maximum Gasteiger partial charge on any atom is 0.130 e. The Morgan fingerprint density at radius 2 is 1.31 bits per heavy atom. The predicted molar refractivity (Wildman–Crippen MR) is 144 cm³/mol. The number of hydrogen-bond acceptors (Lipinski definition) is 4. The smallest absolute Gasteiger partial charge is 0.130 e. The lowest BCUT2D eigenvalue weighted by atomic mass is 9.91. The van der Waals surface area contributed by atoms with E-state index in [0.717, 1.165) is 13.2 Å². The van der Waals surface area contributed by atoms with Crippen molar-refractivity contribution in [2.45, 2.75) is 95.4 Å². The molecule has 4 heteroatoms. The van der Waals surface area contributed by atoms with E-state index in [2.05, 4.69) is 79.1 Å². The second-order valence-electron chi connectivity index (χ2n) is 10.6. The number of rotatable bonds is 4. The topological polar surface area (TPSA) is 49.8 Å². The van der Waals surface area contributed by atoms with Crippen molar-refractivity contribution in [3.63, 3.8) is 0 Å². The molecule has 0 saturated heterocycles. The Labute approximate surface area is 201 Å². The molecule has 0 saturated carbocycles. The van der Waals surface area contributed by atoms with E-state index < -0.39 is 0 Å². The van der Waals surface area contributed by atoms with Crippen LogP contribution in [-0.2, 0) is 9.53 Å². The summed E-state index contributed by atoms with van der Waals surface area (Å²) in [6, 6.07) is 7.09. The van der Waals surface area contributed by atoms with Crippen LogP contribution in [0.4, 0.5) is 0 Å². The molecular weight excluding hydrogens is 398 g/mol. The summed E-state index contributed by atoms with van der Waals surface area (Å²) in [6.45, 7) is 24.9. The number of ether oxygens (including phenoxy) is 1. The summed E-state index contributed by atoms with van der Waals surface area (Å²) >= 11 is 0. The zero-order chi connectivity index (χ0) is 26.4. The average molecular weight is 456 g/mol. The summed E-state index contributed by atoms with van der Waals surface area (Å²) in [5.74, 6) is 0.605. The summed E-state index contributed by atoms with van der Waals surface area (Å²) in [4.78, 5) is 12.6. The minimum absolute atomic E-state index is 0.172. The van der Waals surface area contributed by atoms with E-state index in [0.29, 0.717) is 17.6 Å². The van der Waals surface area contributed by atoms with Gasteiger partial charge in [0.2, 0.25) is 0 Å². The number of phenols is 1. The SMILES string of the molecule is CC(=O)CC(C)(C)C.CCCC(C)(C)C.CCN(C)C.CCOC.Cc1ccc(O)cc1. The third kappa shape index (κ3) is 51.3. The number of carbonyl (C=O) groups excluding carboxylic acids is 1. The molecule has 4 nitrogen and oxygen atoms in total. The molecular formula is C28H57NO3. The summed E-state index contributed by atoms with van der Waals surface area (Å²) in [5.41, 5.74) is 1.89. The van der Waals surface area contributed by atoms with Crippen molar-refractivity contribution < 1.29 is 14.6 Å². The predicted octanol–water partition coefficient (Wildman–Crippen LogP) is 7.77. The first kappa shape index (κ1) is 37.9. The summed E-state index contributed by atoms with van der Waals surface area (Å²) < 4.78 is 4.54. The van der Waals surface area contributed by atoms with Gasteiger partial charge in [-0.25, -0.2) is 0 Å². The Morgan fingerprint density at radius 1 is 0.938 bits per heavy atom. The fraction of sp³-hybridized carbons (Fsp3) is 0.750. The van der Waals surface area contributed by atoms with Gasteiger partial charge < -0.3 is 19.5 Å². The molecule has 0 fully saturated rings. The van der Waals surface area contributed by atoms with Crippen molar-refractivity contribution >= 4 is 5.78 Å². The molecule has 32 heavy (non-hydrogen) atoms. The summed E-state index contributed by atoms with van der Waals surface area (Å²) in [7, 11) is 5.79. The molecule has 0 radical (unpaired) electrons. The molecule has 1 aromatic rings. The monoisotopic (exact) mass is 455 g/mol. The van der Waals surface area contributed by atoms with Crippen LogP contribution in [-0.4, -0.2) is 50.1 Å². The molecule has 0 heterocycles. The van der Waals surface area contributed by atoms with Gasteiger partial charge in [0.25, 0.3) is 0 Å². The van der Waals surface area contributed by atoms with E-state index in [4.69, 9.17) is 5.11 Å². The number of aryl methyl sites for hydroxylation is 1. The minimum Gasteiger partial charge on any atom is -0.508 e. The molecule has 0 unspecified atom stereocenters. The van der Waals surface area contributed by atoms with E-state index >= 15 is 0 Å². The largest absolute Gasteiger partial charge is 0.508 e. The van der Waals surface area contributed by atoms with E-state index in [-0.39, 0.29) is 11.2 Å². The van der Waals surface area contributed by atoms with Gasteiger partial charge >= 0.3 is 0 Å². The molecule has 0 aliphatic carbocycles. The van der Waals surface area contributed by atoms with Gasteiger partial charge in [-0.2, -0.15) is 0 Å². The van der Waals surface area contributed by atoms with E-state index in [1.165, 1.54) is 18.4 Å². The lowest BCUT2D eigenvalue weighted by molar-refractivity contribution is -0.118. The zero-order valence-corrected chi connectivity index (χ0v) is 24.1. The van der Waals surface area contributed by atoms with Gasteiger partial charge in [-0.15, -0.1) is 0 Å². The lowest BCUT2D eigenvalue weighted by Crippen LogP contribution is -2.09. The standard InChI is InChI=1S/C7H8O.C7H14O.C7H16.C4H11N.C3H8O/c1-6-2-4-7(8)5-3-6;1-6(8)5-7(2,3)4;1-5-6-7(2,3)4;1-4-5(2)3;1-3-4-2/h2-5,8H,1H3;5H2,1-4H3;5-6H2,1-4H3;4H2,1-3H3;3H2,1-2H3. The third-order valence-corrected chi connectivity index (χ3v) is 3.73. The van der Waals surface area contributed by atoms with Gasteiger partial charge in [-0.05, 0) is 70.8 Å². The van der Waals surface area contributed by atoms with Gasteiger partial charge in [0.05, 0.1) is 0 Å². The van der Waals surface area contributed by atoms with E-state index in [9.17, 15) is 4.79 Å². The molecule has 0 aliphatic heterocycles. The van der Waals surface area contributed by atoms with E-state index in [1.54, 1.807) is 26.2 Å². The Bertz CT molecular complexity index is 486. The van der Waals surface area contributed by atoms with Crippen molar-refractivity contribution in [2.75, 3.05) is 34.4 Å². The number of nitrogens with zero attached hydrogens (tertiary/aromatic N) is 1. The quantitative estimate of drug-likeness (QED) is 0.504. The molecule has 1 N–H and O–H groups in total. The molecule has 192 valence electrons. The normalized spacial score (nSPS) is 10.2. The van der Waals surface area contributed by atoms with Gasteiger partial charge in [-0.3, -0.25) is 0 Å². The number of aromatic hydroxyl groups is 1. The van der Waals surface area contributed by atoms with Gasteiger partial charge in [-0.1, -0.05) is 79.5 Å². The van der Waals surface area contributed by atoms with Gasteiger partial charge in [0.15, 0.2) is 0 Å².